The summed E-state index contributed by atoms with van der Waals surface area (Å²) in [6.07, 6.45) is 2.11. The lowest BCUT2D eigenvalue weighted by Gasteiger charge is -2.16. The quantitative estimate of drug-likeness (QED) is 0.501. The van der Waals surface area contributed by atoms with Gasteiger partial charge in [-0.05, 0) is 25.3 Å². The van der Waals surface area contributed by atoms with Crippen molar-refractivity contribution in [2.75, 3.05) is 26.3 Å². The molecule has 0 radical (unpaired) electrons. The molecule has 0 bridgehead atoms. The number of aryl methyl sites for hydroxylation is 1. The van der Waals surface area contributed by atoms with Gasteiger partial charge in [0.15, 0.2) is 0 Å². The van der Waals surface area contributed by atoms with Crippen LogP contribution in [0.25, 0.3) is 0 Å². The molecular formula is C16H26N2O. The van der Waals surface area contributed by atoms with Crippen LogP contribution in [0, 0.1) is 0 Å². The minimum atomic E-state index is 0.355. The molecule has 1 atom stereocenters. The summed E-state index contributed by atoms with van der Waals surface area (Å²) in [6.45, 7) is 8.61. The summed E-state index contributed by atoms with van der Waals surface area (Å²) in [7, 11) is 0. The highest BCUT2D eigenvalue weighted by Crippen LogP contribution is 2.04. The topological polar surface area (TPSA) is 47.3 Å². The maximum absolute atomic E-state index is 5.78. The van der Waals surface area contributed by atoms with E-state index >= 15 is 0 Å². The molecule has 0 saturated carbocycles. The van der Waals surface area contributed by atoms with Gasteiger partial charge in [-0.3, -0.25) is 0 Å². The first kappa shape index (κ1) is 15.9. The summed E-state index contributed by atoms with van der Waals surface area (Å²) < 4.78 is 5.45. The summed E-state index contributed by atoms with van der Waals surface area (Å²) in [5.74, 6) is 0. The minimum Gasteiger partial charge on any atom is -0.376 e. The Balaban J connectivity index is 2.14. The van der Waals surface area contributed by atoms with Gasteiger partial charge in [-0.2, -0.15) is 0 Å². The molecule has 1 unspecified atom stereocenters. The Morgan fingerprint density at radius 1 is 1.37 bits per heavy atom. The number of nitrogens with one attached hydrogen (secondary N) is 1. The SMILES string of the molecule is C=C(C)COCCNC(CN)CCc1ccccc1. The normalized spacial score (nSPS) is 12.3. The maximum atomic E-state index is 5.78. The molecular weight excluding hydrogens is 236 g/mol. The Morgan fingerprint density at radius 2 is 2.11 bits per heavy atom. The monoisotopic (exact) mass is 262 g/mol. The highest BCUT2D eigenvalue weighted by Gasteiger charge is 2.05. The third-order valence-electron chi connectivity index (χ3n) is 2.94. The fourth-order valence-electron chi connectivity index (χ4n) is 1.87. The highest BCUT2D eigenvalue weighted by atomic mass is 16.5. The van der Waals surface area contributed by atoms with E-state index in [0.717, 1.165) is 25.0 Å². The number of hydrogen-bond donors (Lipinski definition) is 2. The molecule has 0 aliphatic heterocycles. The zero-order valence-corrected chi connectivity index (χ0v) is 11.9. The van der Waals surface area contributed by atoms with E-state index in [0.29, 0.717) is 25.8 Å². The third kappa shape index (κ3) is 7.78. The van der Waals surface area contributed by atoms with Gasteiger partial charge in [0.05, 0.1) is 13.2 Å². The molecule has 1 aromatic rings. The smallest absolute Gasteiger partial charge is 0.0672 e. The standard InChI is InChI=1S/C16H26N2O/c1-14(2)13-19-11-10-18-16(12-17)9-8-15-6-4-3-5-7-15/h3-7,16,18H,1,8-13,17H2,2H3. The zero-order valence-electron chi connectivity index (χ0n) is 11.9. The molecule has 3 N–H and O–H groups in total. The van der Waals surface area contributed by atoms with Crippen molar-refractivity contribution in [2.24, 2.45) is 5.73 Å². The van der Waals surface area contributed by atoms with Gasteiger partial charge in [-0.25, -0.2) is 0 Å². The summed E-state index contributed by atoms with van der Waals surface area (Å²) in [6, 6.07) is 10.9. The molecule has 1 aromatic carbocycles. The molecule has 0 fully saturated rings. The van der Waals surface area contributed by atoms with Crippen LogP contribution in [0.15, 0.2) is 42.5 Å². The van der Waals surface area contributed by atoms with Crippen LogP contribution in [-0.2, 0) is 11.2 Å². The van der Waals surface area contributed by atoms with Crippen molar-refractivity contribution in [2.45, 2.75) is 25.8 Å². The van der Waals surface area contributed by atoms with Crippen LogP contribution >= 0.6 is 0 Å². The van der Waals surface area contributed by atoms with Crippen LogP contribution in [0.3, 0.4) is 0 Å². The summed E-state index contributed by atoms with van der Waals surface area (Å²) in [5, 5.41) is 3.43. The van der Waals surface area contributed by atoms with Crippen molar-refractivity contribution in [3.8, 4) is 0 Å². The van der Waals surface area contributed by atoms with Crippen molar-refractivity contribution in [3.63, 3.8) is 0 Å². The van der Waals surface area contributed by atoms with Crippen molar-refractivity contribution >= 4 is 0 Å². The second-order valence-corrected chi connectivity index (χ2v) is 4.92. The molecule has 0 aromatic heterocycles. The summed E-state index contributed by atoms with van der Waals surface area (Å²) >= 11 is 0. The van der Waals surface area contributed by atoms with Gasteiger partial charge in [0.25, 0.3) is 0 Å². The number of hydrogen-bond acceptors (Lipinski definition) is 3. The first-order valence-corrected chi connectivity index (χ1v) is 6.92. The van der Waals surface area contributed by atoms with Crippen molar-refractivity contribution in [1.29, 1.82) is 0 Å². The maximum Gasteiger partial charge on any atom is 0.0672 e. The van der Waals surface area contributed by atoms with Crippen LogP contribution in [0.4, 0.5) is 0 Å². The number of ether oxygens (including phenoxy) is 1. The van der Waals surface area contributed by atoms with Crippen LogP contribution in [0.2, 0.25) is 0 Å². The molecule has 19 heavy (non-hydrogen) atoms. The van der Waals surface area contributed by atoms with Crippen LogP contribution < -0.4 is 11.1 Å². The van der Waals surface area contributed by atoms with E-state index in [4.69, 9.17) is 10.5 Å². The van der Waals surface area contributed by atoms with Gasteiger partial charge in [0, 0.05) is 19.1 Å². The van der Waals surface area contributed by atoms with E-state index in [1.54, 1.807) is 0 Å². The second-order valence-electron chi connectivity index (χ2n) is 4.92. The second kappa shape index (κ2) is 9.73. The van der Waals surface area contributed by atoms with E-state index in [9.17, 15) is 0 Å². The van der Waals surface area contributed by atoms with Gasteiger partial charge < -0.3 is 15.8 Å². The van der Waals surface area contributed by atoms with Gasteiger partial charge in [0.1, 0.15) is 0 Å². The average molecular weight is 262 g/mol. The van der Waals surface area contributed by atoms with Crippen molar-refractivity contribution in [1.82, 2.24) is 5.32 Å². The first-order chi connectivity index (χ1) is 9.22. The Hall–Kier alpha value is -1.16. The van der Waals surface area contributed by atoms with Gasteiger partial charge in [-0.1, -0.05) is 42.5 Å². The van der Waals surface area contributed by atoms with Crippen LogP contribution in [0.1, 0.15) is 18.9 Å². The lowest BCUT2D eigenvalue weighted by molar-refractivity contribution is 0.155. The molecule has 3 nitrogen and oxygen atoms in total. The lowest BCUT2D eigenvalue weighted by atomic mass is 10.1. The lowest BCUT2D eigenvalue weighted by Crippen LogP contribution is -2.38. The Labute approximate surface area is 116 Å². The van der Waals surface area contributed by atoms with E-state index in [1.165, 1.54) is 5.56 Å². The molecule has 0 aliphatic rings. The molecule has 0 aliphatic carbocycles. The van der Waals surface area contributed by atoms with Crippen molar-refractivity contribution < 1.29 is 4.74 Å². The highest BCUT2D eigenvalue weighted by molar-refractivity contribution is 5.14. The molecule has 1 rings (SSSR count). The molecule has 106 valence electrons. The Bertz CT molecular complexity index is 351. The number of nitrogens with two attached hydrogens (primary N) is 1. The zero-order chi connectivity index (χ0) is 13.9. The predicted octanol–water partition coefficient (Wildman–Crippen LogP) is 2.13. The molecule has 0 heterocycles. The molecule has 3 heteroatoms. The van der Waals surface area contributed by atoms with Crippen molar-refractivity contribution in [3.05, 3.63) is 48.0 Å². The van der Waals surface area contributed by atoms with Crippen LogP contribution in [0.5, 0.6) is 0 Å². The van der Waals surface area contributed by atoms with E-state index in [2.05, 4.69) is 36.2 Å². The number of rotatable bonds is 10. The minimum absolute atomic E-state index is 0.355. The summed E-state index contributed by atoms with van der Waals surface area (Å²) in [4.78, 5) is 0. The fraction of sp³-hybridized carbons (Fsp3) is 0.500. The van der Waals surface area contributed by atoms with Gasteiger partial charge in [-0.15, -0.1) is 0 Å². The Morgan fingerprint density at radius 3 is 2.74 bits per heavy atom. The largest absolute Gasteiger partial charge is 0.376 e. The molecule has 0 saturated heterocycles. The Kier molecular flexibility index (Phi) is 8.14. The van der Waals surface area contributed by atoms with Gasteiger partial charge >= 0.3 is 0 Å². The summed E-state index contributed by atoms with van der Waals surface area (Å²) in [5.41, 5.74) is 8.20. The average Bonchev–Trinajstić information content (AvgIpc) is 2.42. The number of benzene rings is 1. The van der Waals surface area contributed by atoms with E-state index in [1.807, 2.05) is 13.0 Å². The molecule has 0 amide bonds. The van der Waals surface area contributed by atoms with Crippen LogP contribution in [-0.4, -0.2) is 32.3 Å². The van der Waals surface area contributed by atoms with E-state index in [-0.39, 0.29) is 0 Å². The molecule has 0 spiro atoms. The first-order valence-electron chi connectivity index (χ1n) is 6.92. The van der Waals surface area contributed by atoms with E-state index < -0.39 is 0 Å². The fourth-order valence-corrected chi connectivity index (χ4v) is 1.87. The third-order valence-corrected chi connectivity index (χ3v) is 2.94. The van der Waals surface area contributed by atoms with Gasteiger partial charge in [0.2, 0.25) is 0 Å². The predicted molar refractivity (Wildman–Crippen MR) is 81.2 cm³/mol.